The molecule has 0 bridgehead atoms. The Hall–Kier alpha value is -3.88. The number of para-hydroxylation sites is 1. The average Bonchev–Trinajstić information content (AvgIpc) is 2.78. The highest BCUT2D eigenvalue weighted by Crippen LogP contribution is 2.28. The van der Waals surface area contributed by atoms with Crippen LogP contribution in [0.2, 0.25) is 10.0 Å². The second-order valence-electron chi connectivity index (χ2n) is 6.93. The van der Waals surface area contributed by atoms with E-state index in [1.165, 1.54) is 12.4 Å². The molecule has 1 heterocycles. The molecule has 0 spiro atoms. The van der Waals surface area contributed by atoms with E-state index in [-0.39, 0.29) is 16.7 Å². The molecule has 166 valence electrons. The first-order valence-corrected chi connectivity index (χ1v) is 10.5. The number of fused-ring (bicyclic) bond motifs is 1. The van der Waals surface area contributed by atoms with Crippen LogP contribution in [0.1, 0.15) is 15.9 Å². The molecule has 1 aromatic heterocycles. The summed E-state index contributed by atoms with van der Waals surface area (Å²) in [5.74, 6) is 0.457. The Kier molecular flexibility index (Phi) is 6.58. The molecule has 0 saturated heterocycles. The number of ether oxygens (including phenoxy) is 1. The zero-order chi connectivity index (χ0) is 23.4. The monoisotopic (exact) mass is 481 g/mol. The smallest absolute Gasteiger partial charge is 0.408 e. The molecule has 8 nitrogen and oxygen atoms in total. The Balaban J connectivity index is 1.50. The van der Waals surface area contributed by atoms with E-state index in [0.717, 1.165) is 5.56 Å². The van der Waals surface area contributed by atoms with E-state index in [9.17, 15) is 9.59 Å². The molecule has 0 fully saturated rings. The number of nitrogens with one attached hydrogen (secondary N) is 2. The fraction of sp³-hybridized carbons (Fsp3) is 0.0435. The minimum atomic E-state index is -0.922. The molecule has 0 radical (unpaired) electrons. The molecule has 2 amide bonds. The Morgan fingerprint density at radius 2 is 1.82 bits per heavy atom. The first-order valence-electron chi connectivity index (χ1n) is 9.71. The van der Waals surface area contributed by atoms with Gasteiger partial charge in [0.1, 0.15) is 17.7 Å². The van der Waals surface area contributed by atoms with Crippen molar-refractivity contribution in [3.05, 3.63) is 88.2 Å². The van der Waals surface area contributed by atoms with Gasteiger partial charge in [-0.05, 0) is 48.0 Å². The van der Waals surface area contributed by atoms with Crippen molar-refractivity contribution < 1.29 is 14.3 Å². The molecule has 4 rings (SSSR count). The van der Waals surface area contributed by atoms with E-state index >= 15 is 0 Å². The van der Waals surface area contributed by atoms with E-state index in [2.05, 4.69) is 20.6 Å². The van der Waals surface area contributed by atoms with Crippen LogP contribution < -0.4 is 21.1 Å². The minimum Gasteiger partial charge on any atom is -0.408 e. The SMILES string of the molecule is NC(=O)Oc1cccc2c(NCc3cccc(NC(=O)c4ccc(Cl)cc4Cl)c3)ncnc12. The van der Waals surface area contributed by atoms with Gasteiger partial charge in [0.2, 0.25) is 0 Å². The van der Waals surface area contributed by atoms with Gasteiger partial charge in [-0.2, -0.15) is 0 Å². The molecule has 0 aliphatic heterocycles. The second-order valence-corrected chi connectivity index (χ2v) is 7.77. The molecule has 0 unspecified atom stereocenters. The topological polar surface area (TPSA) is 119 Å². The van der Waals surface area contributed by atoms with Crippen LogP contribution in [-0.2, 0) is 6.54 Å². The summed E-state index contributed by atoms with van der Waals surface area (Å²) < 4.78 is 5.01. The van der Waals surface area contributed by atoms with Crippen molar-refractivity contribution in [1.82, 2.24) is 9.97 Å². The number of anilines is 2. The Labute approximate surface area is 198 Å². The van der Waals surface area contributed by atoms with Crippen molar-refractivity contribution in [3.63, 3.8) is 0 Å². The van der Waals surface area contributed by atoms with Crippen molar-refractivity contribution in [2.45, 2.75) is 6.54 Å². The third kappa shape index (κ3) is 5.31. The van der Waals surface area contributed by atoms with Crippen LogP contribution >= 0.6 is 23.2 Å². The lowest BCUT2D eigenvalue weighted by atomic mass is 10.1. The van der Waals surface area contributed by atoms with E-state index in [1.54, 1.807) is 36.4 Å². The summed E-state index contributed by atoms with van der Waals surface area (Å²) in [5.41, 5.74) is 7.41. The lowest BCUT2D eigenvalue weighted by Crippen LogP contribution is -2.16. The maximum Gasteiger partial charge on any atom is 0.410 e. The third-order valence-corrected chi connectivity index (χ3v) is 5.21. The number of hydrogen-bond donors (Lipinski definition) is 3. The fourth-order valence-corrected chi connectivity index (χ4v) is 3.70. The zero-order valence-corrected chi connectivity index (χ0v) is 18.5. The number of nitrogens with two attached hydrogens (primary N) is 1. The summed E-state index contributed by atoms with van der Waals surface area (Å²) in [4.78, 5) is 32.2. The first-order chi connectivity index (χ1) is 15.9. The molecule has 0 saturated carbocycles. The predicted octanol–water partition coefficient (Wildman–Crippen LogP) is 5.26. The minimum absolute atomic E-state index is 0.246. The van der Waals surface area contributed by atoms with Crippen molar-refractivity contribution in [2.75, 3.05) is 10.6 Å². The highest BCUT2D eigenvalue weighted by atomic mass is 35.5. The molecule has 4 aromatic rings. The van der Waals surface area contributed by atoms with Crippen LogP contribution in [0.25, 0.3) is 10.9 Å². The molecule has 0 aliphatic rings. The van der Waals surface area contributed by atoms with Crippen LogP contribution in [0.4, 0.5) is 16.3 Å². The van der Waals surface area contributed by atoms with E-state index in [0.29, 0.717) is 39.5 Å². The van der Waals surface area contributed by atoms with Crippen molar-refractivity contribution >= 4 is 57.6 Å². The number of carbonyl (C=O) groups excluding carboxylic acids is 2. The average molecular weight is 482 g/mol. The van der Waals surface area contributed by atoms with Crippen LogP contribution in [0.3, 0.4) is 0 Å². The molecule has 10 heteroatoms. The van der Waals surface area contributed by atoms with Crippen molar-refractivity contribution in [3.8, 4) is 5.75 Å². The largest absolute Gasteiger partial charge is 0.410 e. The summed E-state index contributed by atoms with van der Waals surface area (Å²) in [7, 11) is 0. The summed E-state index contributed by atoms with van der Waals surface area (Å²) >= 11 is 12.0. The Bertz CT molecular complexity index is 1360. The van der Waals surface area contributed by atoms with Gasteiger partial charge in [-0.1, -0.05) is 41.4 Å². The van der Waals surface area contributed by atoms with Gasteiger partial charge in [0.25, 0.3) is 5.91 Å². The van der Waals surface area contributed by atoms with Gasteiger partial charge < -0.3 is 21.1 Å². The molecular weight excluding hydrogens is 465 g/mol. The van der Waals surface area contributed by atoms with Gasteiger partial charge in [0.15, 0.2) is 5.75 Å². The number of halogens is 2. The van der Waals surface area contributed by atoms with Gasteiger partial charge in [-0.25, -0.2) is 14.8 Å². The zero-order valence-electron chi connectivity index (χ0n) is 17.0. The van der Waals surface area contributed by atoms with Crippen LogP contribution in [0, 0.1) is 0 Å². The predicted molar refractivity (Wildman–Crippen MR) is 128 cm³/mol. The molecule has 0 aliphatic carbocycles. The number of primary amides is 1. The van der Waals surface area contributed by atoms with Gasteiger partial charge in [-0.15, -0.1) is 0 Å². The first kappa shape index (κ1) is 22.3. The van der Waals surface area contributed by atoms with Crippen LogP contribution in [0.5, 0.6) is 5.75 Å². The van der Waals surface area contributed by atoms with Crippen molar-refractivity contribution in [2.24, 2.45) is 5.73 Å². The highest BCUT2D eigenvalue weighted by Gasteiger charge is 2.12. The summed E-state index contributed by atoms with van der Waals surface area (Å²) in [6.45, 7) is 0.415. The fourth-order valence-electron chi connectivity index (χ4n) is 3.21. The van der Waals surface area contributed by atoms with Crippen LogP contribution in [0.15, 0.2) is 67.0 Å². The standard InChI is InChI=1S/C23H17Cl2N5O3/c24-14-7-8-16(18(25)10-14)22(31)30-15-4-1-3-13(9-15)11-27-21-17-5-2-6-19(33-23(26)32)20(17)28-12-29-21/h1-10,12H,11H2,(H2,26,32)(H,30,31)(H,27,28,29). The molecule has 33 heavy (non-hydrogen) atoms. The van der Waals surface area contributed by atoms with Gasteiger partial charge in [0, 0.05) is 22.6 Å². The summed E-state index contributed by atoms with van der Waals surface area (Å²) in [6.07, 6.45) is 0.444. The lowest BCUT2D eigenvalue weighted by Gasteiger charge is -2.12. The maximum absolute atomic E-state index is 12.6. The molecule has 3 aromatic carbocycles. The van der Waals surface area contributed by atoms with Gasteiger partial charge in [0.05, 0.1) is 10.6 Å². The maximum atomic E-state index is 12.6. The normalized spacial score (nSPS) is 10.6. The van der Waals surface area contributed by atoms with E-state index in [4.69, 9.17) is 33.7 Å². The number of aromatic nitrogens is 2. The van der Waals surface area contributed by atoms with Gasteiger partial charge >= 0.3 is 6.09 Å². The highest BCUT2D eigenvalue weighted by molar-refractivity contribution is 6.37. The number of amides is 2. The van der Waals surface area contributed by atoms with Crippen LogP contribution in [-0.4, -0.2) is 22.0 Å². The number of carbonyl (C=O) groups is 2. The quantitative estimate of drug-likeness (QED) is 0.345. The summed E-state index contributed by atoms with van der Waals surface area (Å²) in [5, 5.41) is 7.46. The van der Waals surface area contributed by atoms with E-state index < -0.39 is 6.09 Å². The Morgan fingerprint density at radius 3 is 2.61 bits per heavy atom. The molecule has 0 atom stereocenters. The number of nitrogens with zero attached hydrogens (tertiary/aromatic N) is 2. The molecule has 4 N–H and O–H groups in total. The van der Waals surface area contributed by atoms with Gasteiger partial charge in [-0.3, -0.25) is 4.79 Å². The second kappa shape index (κ2) is 9.72. The number of benzene rings is 3. The van der Waals surface area contributed by atoms with Crippen molar-refractivity contribution in [1.29, 1.82) is 0 Å². The third-order valence-electron chi connectivity index (χ3n) is 4.66. The van der Waals surface area contributed by atoms with E-state index in [1.807, 2.05) is 18.2 Å². The molecular formula is C23H17Cl2N5O3. The lowest BCUT2D eigenvalue weighted by molar-refractivity contribution is 0.102. The Morgan fingerprint density at radius 1 is 1.00 bits per heavy atom. The number of rotatable bonds is 6. The number of hydrogen-bond acceptors (Lipinski definition) is 6. The summed E-state index contributed by atoms with van der Waals surface area (Å²) in [6, 6.07) is 17.2.